The van der Waals surface area contributed by atoms with Crippen LogP contribution in [0.3, 0.4) is 0 Å². The molecule has 1 aliphatic rings. The number of ether oxygens (including phenoxy) is 1. The summed E-state index contributed by atoms with van der Waals surface area (Å²) in [6.07, 6.45) is 0.210. The van der Waals surface area contributed by atoms with Gasteiger partial charge in [0.2, 0.25) is 5.91 Å². The van der Waals surface area contributed by atoms with Gasteiger partial charge in [0.15, 0.2) is 0 Å². The first kappa shape index (κ1) is 16.9. The summed E-state index contributed by atoms with van der Waals surface area (Å²) in [5.41, 5.74) is 2.18. The highest BCUT2D eigenvalue weighted by molar-refractivity contribution is 6.37. The fraction of sp³-hybridized carbons (Fsp3) is 0.250. The first-order valence-corrected chi connectivity index (χ1v) is 8.31. The molecule has 1 unspecified atom stereocenters. The second-order valence-electron chi connectivity index (χ2n) is 5.94. The zero-order valence-electron chi connectivity index (χ0n) is 14.1. The maximum atomic E-state index is 12.4. The van der Waals surface area contributed by atoms with Crippen LogP contribution in [-0.4, -0.2) is 22.6 Å². The lowest BCUT2D eigenvalue weighted by Gasteiger charge is -2.23. The van der Waals surface area contributed by atoms with Crippen molar-refractivity contribution in [3.8, 4) is 0 Å². The Morgan fingerprint density at radius 3 is 2.40 bits per heavy atom. The summed E-state index contributed by atoms with van der Waals surface area (Å²) in [5.74, 6) is -0.557. The molecule has 1 atom stereocenters. The standard InChI is InChI=1S/C20H20N2O3/c1-15(17-10-6-3-7-11-17)25-20(24)18-12-13-19(23)22(21-18)14-16-8-4-2-5-9-16/h2-11,15H,12-14H2,1H3. The highest BCUT2D eigenvalue weighted by atomic mass is 16.5. The molecule has 5 heteroatoms. The van der Waals surface area contributed by atoms with Gasteiger partial charge in [-0.1, -0.05) is 60.7 Å². The first-order valence-electron chi connectivity index (χ1n) is 8.31. The predicted octanol–water partition coefficient (Wildman–Crippen LogP) is 3.47. The van der Waals surface area contributed by atoms with Crippen molar-refractivity contribution in [3.63, 3.8) is 0 Å². The average molecular weight is 336 g/mol. The van der Waals surface area contributed by atoms with E-state index < -0.39 is 5.97 Å². The van der Waals surface area contributed by atoms with E-state index in [0.29, 0.717) is 18.7 Å². The number of carbonyl (C=O) groups is 2. The molecule has 1 aliphatic heterocycles. The van der Waals surface area contributed by atoms with Crippen LogP contribution in [0.15, 0.2) is 65.8 Å². The Bertz CT molecular complexity index is 772. The number of hydrazone groups is 1. The van der Waals surface area contributed by atoms with Gasteiger partial charge >= 0.3 is 5.97 Å². The van der Waals surface area contributed by atoms with Crippen LogP contribution in [-0.2, 0) is 20.9 Å². The van der Waals surface area contributed by atoms with Crippen molar-refractivity contribution in [3.05, 3.63) is 71.8 Å². The lowest BCUT2D eigenvalue weighted by atomic mass is 10.1. The van der Waals surface area contributed by atoms with E-state index in [1.54, 1.807) is 0 Å². The fourth-order valence-corrected chi connectivity index (χ4v) is 2.65. The summed E-state index contributed by atoms with van der Waals surface area (Å²) in [5, 5.41) is 5.58. The van der Waals surface area contributed by atoms with E-state index in [2.05, 4.69) is 5.10 Å². The molecule has 3 rings (SSSR count). The van der Waals surface area contributed by atoms with E-state index in [9.17, 15) is 9.59 Å². The Hall–Kier alpha value is -2.95. The summed E-state index contributed by atoms with van der Waals surface area (Å²) >= 11 is 0. The minimum Gasteiger partial charge on any atom is -0.453 e. The number of benzene rings is 2. The topological polar surface area (TPSA) is 59.0 Å². The predicted molar refractivity (Wildman–Crippen MR) is 94.6 cm³/mol. The summed E-state index contributed by atoms with van der Waals surface area (Å²) in [6.45, 7) is 2.17. The van der Waals surface area contributed by atoms with Crippen molar-refractivity contribution in [2.24, 2.45) is 5.10 Å². The van der Waals surface area contributed by atoms with Crippen LogP contribution in [0, 0.1) is 0 Å². The molecule has 2 aromatic rings. The number of hydrogen-bond donors (Lipinski definition) is 0. The van der Waals surface area contributed by atoms with Crippen LogP contribution in [0.25, 0.3) is 0 Å². The Morgan fingerprint density at radius 1 is 1.08 bits per heavy atom. The van der Waals surface area contributed by atoms with Gasteiger partial charge in [-0.25, -0.2) is 9.80 Å². The molecule has 5 nitrogen and oxygen atoms in total. The Balaban J connectivity index is 1.69. The van der Waals surface area contributed by atoms with Crippen LogP contribution in [0.2, 0.25) is 0 Å². The summed E-state index contributed by atoms with van der Waals surface area (Å²) in [4.78, 5) is 24.5. The lowest BCUT2D eigenvalue weighted by molar-refractivity contribution is -0.141. The van der Waals surface area contributed by atoms with Crippen molar-refractivity contribution in [2.75, 3.05) is 0 Å². The molecule has 25 heavy (non-hydrogen) atoms. The second-order valence-corrected chi connectivity index (χ2v) is 5.94. The lowest BCUT2D eigenvalue weighted by Crippen LogP contribution is -2.34. The second kappa shape index (κ2) is 7.75. The molecule has 128 valence electrons. The minimum atomic E-state index is -0.470. The maximum absolute atomic E-state index is 12.4. The molecule has 0 fully saturated rings. The molecule has 0 aromatic heterocycles. The van der Waals surface area contributed by atoms with Gasteiger partial charge in [0, 0.05) is 12.8 Å². The van der Waals surface area contributed by atoms with Crippen LogP contribution in [0.5, 0.6) is 0 Å². The number of esters is 1. The van der Waals surface area contributed by atoms with Crippen molar-refractivity contribution in [1.29, 1.82) is 0 Å². The SMILES string of the molecule is CC(OC(=O)C1=NN(Cc2ccccc2)C(=O)CC1)c1ccccc1. The number of hydrogen-bond acceptors (Lipinski definition) is 4. The fourth-order valence-electron chi connectivity index (χ4n) is 2.65. The molecule has 0 saturated carbocycles. The molecule has 0 aliphatic carbocycles. The smallest absolute Gasteiger partial charge is 0.355 e. The van der Waals surface area contributed by atoms with Gasteiger partial charge in [-0.3, -0.25) is 4.79 Å². The molecular formula is C20H20N2O3. The van der Waals surface area contributed by atoms with Crippen LogP contribution >= 0.6 is 0 Å². The minimum absolute atomic E-state index is 0.0866. The van der Waals surface area contributed by atoms with E-state index in [1.807, 2.05) is 67.6 Å². The van der Waals surface area contributed by atoms with Crippen molar-refractivity contribution in [1.82, 2.24) is 5.01 Å². The first-order chi connectivity index (χ1) is 12.1. The molecule has 0 saturated heterocycles. The largest absolute Gasteiger partial charge is 0.453 e. The van der Waals surface area contributed by atoms with Crippen molar-refractivity contribution >= 4 is 17.6 Å². The van der Waals surface area contributed by atoms with Gasteiger partial charge in [-0.2, -0.15) is 5.10 Å². The number of amides is 1. The highest BCUT2D eigenvalue weighted by Gasteiger charge is 2.26. The zero-order valence-corrected chi connectivity index (χ0v) is 14.1. The zero-order chi connectivity index (χ0) is 17.6. The third-order valence-electron chi connectivity index (χ3n) is 4.07. The Morgan fingerprint density at radius 2 is 1.72 bits per heavy atom. The van der Waals surface area contributed by atoms with Gasteiger partial charge in [0.1, 0.15) is 11.8 Å². The number of nitrogens with zero attached hydrogens (tertiary/aromatic N) is 2. The van der Waals surface area contributed by atoms with E-state index in [4.69, 9.17) is 4.74 Å². The normalized spacial score (nSPS) is 15.5. The average Bonchev–Trinajstić information content (AvgIpc) is 2.65. The molecule has 1 amide bonds. The quantitative estimate of drug-likeness (QED) is 0.786. The molecule has 1 heterocycles. The van der Waals surface area contributed by atoms with Crippen LogP contribution < -0.4 is 0 Å². The molecule has 2 aromatic carbocycles. The van der Waals surface area contributed by atoms with E-state index in [1.165, 1.54) is 5.01 Å². The molecule has 0 N–H and O–H groups in total. The van der Waals surface area contributed by atoms with Gasteiger partial charge in [-0.15, -0.1) is 0 Å². The molecule has 0 spiro atoms. The Labute approximate surface area is 146 Å². The van der Waals surface area contributed by atoms with Gasteiger partial charge < -0.3 is 4.74 Å². The maximum Gasteiger partial charge on any atom is 0.355 e. The third kappa shape index (κ3) is 4.32. The summed E-state index contributed by atoms with van der Waals surface area (Å²) in [7, 11) is 0. The third-order valence-corrected chi connectivity index (χ3v) is 4.07. The molecule has 0 radical (unpaired) electrons. The van der Waals surface area contributed by atoms with Crippen LogP contribution in [0.4, 0.5) is 0 Å². The van der Waals surface area contributed by atoms with Crippen molar-refractivity contribution in [2.45, 2.75) is 32.4 Å². The number of carbonyl (C=O) groups excluding carboxylic acids is 2. The monoisotopic (exact) mass is 336 g/mol. The van der Waals surface area contributed by atoms with Gasteiger partial charge in [0.25, 0.3) is 0 Å². The summed E-state index contributed by atoms with van der Waals surface area (Å²) < 4.78 is 5.50. The van der Waals surface area contributed by atoms with E-state index in [0.717, 1.165) is 11.1 Å². The van der Waals surface area contributed by atoms with E-state index >= 15 is 0 Å². The summed E-state index contributed by atoms with van der Waals surface area (Å²) in [6, 6.07) is 19.1. The molecular weight excluding hydrogens is 316 g/mol. The van der Waals surface area contributed by atoms with Crippen LogP contribution in [0.1, 0.15) is 37.0 Å². The Kier molecular flexibility index (Phi) is 5.23. The molecule has 0 bridgehead atoms. The van der Waals surface area contributed by atoms with E-state index in [-0.39, 0.29) is 18.4 Å². The highest BCUT2D eigenvalue weighted by Crippen LogP contribution is 2.19. The van der Waals surface area contributed by atoms with Gasteiger partial charge in [-0.05, 0) is 18.1 Å². The van der Waals surface area contributed by atoms with Gasteiger partial charge in [0.05, 0.1) is 6.54 Å². The number of rotatable bonds is 5. The van der Waals surface area contributed by atoms with Crippen molar-refractivity contribution < 1.29 is 14.3 Å².